The normalized spacial score (nSPS) is 11.7. The molecule has 1 aromatic heterocycles. The van der Waals surface area contributed by atoms with Gasteiger partial charge >= 0.3 is 0 Å². The molecule has 1 N–H and O–H groups in total. The van der Waals surface area contributed by atoms with Crippen molar-refractivity contribution in [2.24, 2.45) is 0 Å². The number of hydrogen-bond donors (Lipinski definition) is 1. The molecule has 5 nitrogen and oxygen atoms in total. The SMILES string of the molecule is COc1ccc(CNC(=O)C(Cl)c2ccncc2C)c(OC)c1. The molecule has 2 rings (SSSR count). The van der Waals surface area contributed by atoms with Crippen LogP contribution in [0.1, 0.15) is 22.1 Å². The molecule has 1 amide bonds. The first-order valence-electron chi connectivity index (χ1n) is 7.10. The standard InChI is InChI=1S/C17H19ClN2O3/c1-11-9-19-7-6-14(11)16(18)17(21)20-10-12-4-5-13(22-2)8-15(12)23-3/h4-9,16H,10H2,1-3H3,(H,20,21). The van der Waals surface area contributed by atoms with Crippen molar-refractivity contribution in [3.05, 3.63) is 53.3 Å². The zero-order valence-electron chi connectivity index (χ0n) is 13.3. The molecule has 23 heavy (non-hydrogen) atoms. The topological polar surface area (TPSA) is 60.5 Å². The van der Waals surface area contributed by atoms with Crippen LogP contribution in [0.5, 0.6) is 11.5 Å². The van der Waals surface area contributed by atoms with E-state index in [9.17, 15) is 4.79 Å². The molecule has 1 heterocycles. The summed E-state index contributed by atoms with van der Waals surface area (Å²) in [5, 5.41) is 2.06. The quantitative estimate of drug-likeness (QED) is 0.825. The number of methoxy groups -OCH3 is 2. The maximum absolute atomic E-state index is 12.3. The fraction of sp³-hybridized carbons (Fsp3) is 0.294. The van der Waals surface area contributed by atoms with Crippen LogP contribution in [-0.2, 0) is 11.3 Å². The van der Waals surface area contributed by atoms with E-state index in [1.165, 1.54) is 0 Å². The first-order valence-corrected chi connectivity index (χ1v) is 7.53. The lowest BCUT2D eigenvalue weighted by atomic mass is 10.1. The van der Waals surface area contributed by atoms with Crippen LogP contribution in [0.3, 0.4) is 0 Å². The monoisotopic (exact) mass is 334 g/mol. The summed E-state index contributed by atoms with van der Waals surface area (Å²) in [6, 6.07) is 7.18. The van der Waals surface area contributed by atoms with Gasteiger partial charge in [0, 0.05) is 30.6 Å². The Morgan fingerprint density at radius 1 is 1.30 bits per heavy atom. The second-order valence-corrected chi connectivity index (χ2v) is 5.43. The number of nitrogens with one attached hydrogen (secondary N) is 1. The van der Waals surface area contributed by atoms with Crippen molar-refractivity contribution in [1.82, 2.24) is 10.3 Å². The van der Waals surface area contributed by atoms with Gasteiger partial charge in [-0.15, -0.1) is 11.6 Å². The fourth-order valence-electron chi connectivity index (χ4n) is 2.18. The number of alkyl halides is 1. The number of hydrogen-bond acceptors (Lipinski definition) is 4. The average molecular weight is 335 g/mol. The van der Waals surface area contributed by atoms with Crippen molar-refractivity contribution in [1.29, 1.82) is 0 Å². The summed E-state index contributed by atoms with van der Waals surface area (Å²) in [7, 11) is 3.16. The first-order chi connectivity index (χ1) is 11.1. The van der Waals surface area contributed by atoms with Crippen LogP contribution in [-0.4, -0.2) is 25.1 Å². The van der Waals surface area contributed by atoms with Crippen LogP contribution in [0.4, 0.5) is 0 Å². The Bertz CT molecular complexity index is 691. The molecule has 1 aromatic carbocycles. The van der Waals surface area contributed by atoms with Gasteiger partial charge in [-0.2, -0.15) is 0 Å². The molecule has 1 atom stereocenters. The first kappa shape index (κ1) is 17.1. The van der Waals surface area contributed by atoms with Crippen LogP contribution >= 0.6 is 11.6 Å². The summed E-state index contributed by atoms with van der Waals surface area (Å²) in [5.74, 6) is 1.08. The maximum atomic E-state index is 12.3. The van der Waals surface area contributed by atoms with E-state index in [1.807, 2.05) is 19.1 Å². The van der Waals surface area contributed by atoms with Crippen molar-refractivity contribution in [3.8, 4) is 11.5 Å². The number of rotatable bonds is 6. The zero-order chi connectivity index (χ0) is 16.8. The number of aromatic nitrogens is 1. The minimum absolute atomic E-state index is 0.265. The van der Waals surface area contributed by atoms with Gasteiger partial charge in [-0.25, -0.2) is 0 Å². The number of amides is 1. The van der Waals surface area contributed by atoms with Gasteiger partial charge in [0.2, 0.25) is 5.91 Å². The summed E-state index contributed by atoms with van der Waals surface area (Å²) in [4.78, 5) is 16.3. The molecular weight excluding hydrogens is 316 g/mol. The third-order valence-corrected chi connectivity index (χ3v) is 3.95. The average Bonchev–Trinajstić information content (AvgIpc) is 2.59. The number of benzene rings is 1. The third kappa shape index (κ3) is 4.13. The van der Waals surface area contributed by atoms with Crippen LogP contribution in [0.2, 0.25) is 0 Å². The fourth-order valence-corrected chi connectivity index (χ4v) is 2.50. The smallest absolute Gasteiger partial charge is 0.242 e. The van der Waals surface area contributed by atoms with Crippen LogP contribution in [0.25, 0.3) is 0 Å². The van der Waals surface area contributed by atoms with Crippen molar-refractivity contribution in [2.75, 3.05) is 14.2 Å². The summed E-state index contributed by atoms with van der Waals surface area (Å²) in [6.07, 6.45) is 3.31. The molecule has 1 unspecified atom stereocenters. The lowest BCUT2D eigenvalue weighted by molar-refractivity contribution is -0.121. The van der Waals surface area contributed by atoms with Crippen molar-refractivity contribution in [3.63, 3.8) is 0 Å². The highest BCUT2D eigenvalue weighted by atomic mass is 35.5. The molecule has 122 valence electrons. The molecule has 0 aliphatic carbocycles. The van der Waals surface area contributed by atoms with E-state index in [2.05, 4.69) is 10.3 Å². The predicted octanol–water partition coefficient (Wildman–Crippen LogP) is 3.00. The number of nitrogens with zero attached hydrogens (tertiary/aromatic N) is 1. The number of halogens is 1. The Kier molecular flexibility index (Phi) is 5.82. The summed E-state index contributed by atoms with van der Waals surface area (Å²) < 4.78 is 10.5. The Balaban J connectivity index is 2.06. The lowest BCUT2D eigenvalue weighted by Crippen LogP contribution is -2.27. The Morgan fingerprint density at radius 2 is 2.09 bits per heavy atom. The predicted molar refractivity (Wildman–Crippen MR) is 89.0 cm³/mol. The van der Waals surface area contributed by atoms with E-state index in [-0.39, 0.29) is 5.91 Å². The van der Waals surface area contributed by atoms with E-state index >= 15 is 0 Å². The number of ether oxygens (including phenoxy) is 2. The number of pyridine rings is 1. The summed E-state index contributed by atoms with van der Waals surface area (Å²) in [5.41, 5.74) is 2.47. The zero-order valence-corrected chi connectivity index (χ0v) is 14.1. The molecule has 0 radical (unpaired) electrons. The number of carbonyl (C=O) groups excluding carboxylic acids is 1. The molecule has 0 fully saturated rings. The largest absolute Gasteiger partial charge is 0.497 e. The maximum Gasteiger partial charge on any atom is 0.242 e. The Morgan fingerprint density at radius 3 is 2.74 bits per heavy atom. The second kappa shape index (κ2) is 7.83. The Hall–Kier alpha value is -2.27. The number of aryl methyl sites for hydroxylation is 1. The van der Waals surface area contributed by atoms with Gasteiger partial charge < -0.3 is 14.8 Å². The molecule has 0 bridgehead atoms. The highest BCUT2D eigenvalue weighted by Crippen LogP contribution is 2.26. The van der Waals surface area contributed by atoms with Crippen molar-refractivity contribution < 1.29 is 14.3 Å². The van der Waals surface area contributed by atoms with E-state index in [4.69, 9.17) is 21.1 Å². The molecule has 6 heteroatoms. The van der Waals surface area contributed by atoms with Gasteiger partial charge in [-0.3, -0.25) is 9.78 Å². The molecule has 2 aromatic rings. The van der Waals surface area contributed by atoms with Crippen molar-refractivity contribution >= 4 is 17.5 Å². The van der Waals surface area contributed by atoms with Gasteiger partial charge in [-0.05, 0) is 36.2 Å². The van der Waals surface area contributed by atoms with Crippen molar-refractivity contribution in [2.45, 2.75) is 18.8 Å². The summed E-state index contributed by atoms with van der Waals surface area (Å²) >= 11 is 6.26. The van der Waals surface area contributed by atoms with E-state index in [0.717, 1.165) is 16.7 Å². The van der Waals surface area contributed by atoms with Crippen LogP contribution in [0, 0.1) is 6.92 Å². The lowest BCUT2D eigenvalue weighted by Gasteiger charge is -2.14. The van der Waals surface area contributed by atoms with E-state index in [0.29, 0.717) is 18.0 Å². The molecular formula is C17H19ClN2O3. The highest BCUT2D eigenvalue weighted by molar-refractivity contribution is 6.30. The van der Waals surface area contributed by atoms with Gasteiger partial charge in [0.25, 0.3) is 0 Å². The third-order valence-electron chi connectivity index (χ3n) is 3.51. The summed E-state index contributed by atoms with van der Waals surface area (Å²) in [6.45, 7) is 2.19. The van der Waals surface area contributed by atoms with Crippen LogP contribution < -0.4 is 14.8 Å². The molecule has 0 saturated heterocycles. The van der Waals surface area contributed by atoms with Gasteiger partial charge in [0.1, 0.15) is 16.9 Å². The number of carbonyl (C=O) groups is 1. The van der Waals surface area contributed by atoms with E-state index in [1.54, 1.807) is 38.7 Å². The second-order valence-electron chi connectivity index (χ2n) is 4.99. The highest BCUT2D eigenvalue weighted by Gasteiger charge is 2.19. The van der Waals surface area contributed by atoms with Crippen LogP contribution in [0.15, 0.2) is 36.7 Å². The minimum Gasteiger partial charge on any atom is -0.497 e. The van der Waals surface area contributed by atoms with Gasteiger partial charge in [-0.1, -0.05) is 0 Å². The minimum atomic E-state index is -0.762. The molecule has 0 spiro atoms. The van der Waals surface area contributed by atoms with Gasteiger partial charge in [0.05, 0.1) is 14.2 Å². The Labute approximate surface area is 140 Å². The van der Waals surface area contributed by atoms with Gasteiger partial charge in [0.15, 0.2) is 0 Å². The van der Waals surface area contributed by atoms with E-state index < -0.39 is 5.38 Å². The molecule has 0 saturated carbocycles. The molecule has 0 aliphatic heterocycles. The molecule has 0 aliphatic rings.